The van der Waals surface area contributed by atoms with E-state index >= 15 is 0 Å². The average molecular weight is 424 g/mol. The van der Waals surface area contributed by atoms with E-state index in [9.17, 15) is 4.79 Å². The van der Waals surface area contributed by atoms with Gasteiger partial charge in [0.05, 0.1) is 12.2 Å². The molecule has 1 amide bonds. The van der Waals surface area contributed by atoms with Crippen molar-refractivity contribution < 1.29 is 4.79 Å². The zero-order valence-electron chi connectivity index (χ0n) is 15.7. The summed E-state index contributed by atoms with van der Waals surface area (Å²) < 4.78 is 1.83. The van der Waals surface area contributed by atoms with Crippen molar-refractivity contribution in [3.8, 4) is 10.7 Å². The van der Waals surface area contributed by atoms with Crippen molar-refractivity contribution in [2.75, 3.05) is 0 Å². The number of aromatic nitrogens is 4. The SMILES string of the molecule is Cc1nc(-c2ccn(Cc3cccc(Cl)c3)n2)sc1C(=O)NCc1cccnc1. The number of aryl methyl sites for hydroxylation is 1. The maximum Gasteiger partial charge on any atom is 0.263 e. The lowest BCUT2D eigenvalue weighted by molar-refractivity contribution is 0.0954. The number of amides is 1. The summed E-state index contributed by atoms with van der Waals surface area (Å²) in [5.74, 6) is -0.145. The minimum absolute atomic E-state index is 0.145. The number of hydrogen-bond donors (Lipinski definition) is 1. The maximum absolute atomic E-state index is 12.6. The van der Waals surface area contributed by atoms with Crippen LogP contribution in [0.3, 0.4) is 0 Å². The van der Waals surface area contributed by atoms with Gasteiger partial charge in [-0.3, -0.25) is 14.5 Å². The summed E-state index contributed by atoms with van der Waals surface area (Å²) in [6, 6.07) is 13.4. The van der Waals surface area contributed by atoms with Gasteiger partial charge in [-0.05, 0) is 42.3 Å². The first-order valence-electron chi connectivity index (χ1n) is 9.01. The van der Waals surface area contributed by atoms with Crippen LogP contribution in [0.25, 0.3) is 10.7 Å². The second kappa shape index (κ2) is 8.55. The van der Waals surface area contributed by atoms with Crippen LogP contribution in [0.15, 0.2) is 61.1 Å². The first-order valence-corrected chi connectivity index (χ1v) is 10.2. The Balaban J connectivity index is 1.46. The van der Waals surface area contributed by atoms with Gasteiger partial charge < -0.3 is 5.32 Å². The Morgan fingerprint density at radius 3 is 2.86 bits per heavy atom. The third kappa shape index (κ3) is 4.70. The Morgan fingerprint density at radius 1 is 1.21 bits per heavy atom. The van der Waals surface area contributed by atoms with E-state index in [2.05, 4.69) is 20.4 Å². The number of pyridine rings is 1. The van der Waals surface area contributed by atoms with E-state index in [1.54, 1.807) is 12.4 Å². The molecule has 4 aromatic rings. The molecule has 0 atom stereocenters. The number of halogens is 1. The van der Waals surface area contributed by atoms with Crippen LogP contribution in [-0.2, 0) is 13.1 Å². The number of hydrogen-bond acceptors (Lipinski definition) is 5. The third-order valence-corrected chi connectivity index (χ3v) is 5.69. The van der Waals surface area contributed by atoms with E-state index in [1.807, 2.05) is 60.3 Å². The highest BCUT2D eigenvalue weighted by molar-refractivity contribution is 7.17. The van der Waals surface area contributed by atoms with Crippen molar-refractivity contribution in [1.82, 2.24) is 25.1 Å². The van der Waals surface area contributed by atoms with E-state index < -0.39 is 0 Å². The van der Waals surface area contributed by atoms with Crippen molar-refractivity contribution in [1.29, 1.82) is 0 Å². The monoisotopic (exact) mass is 423 g/mol. The lowest BCUT2D eigenvalue weighted by Crippen LogP contribution is -2.22. The summed E-state index contributed by atoms with van der Waals surface area (Å²) >= 11 is 7.39. The molecule has 1 N–H and O–H groups in total. The van der Waals surface area contributed by atoms with Gasteiger partial charge in [-0.1, -0.05) is 29.8 Å². The molecule has 0 saturated heterocycles. The molecule has 0 unspecified atom stereocenters. The molecule has 0 aliphatic heterocycles. The minimum atomic E-state index is -0.145. The largest absolute Gasteiger partial charge is 0.347 e. The number of nitrogens with one attached hydrogen (secondary N) is 1. The summed E-state index contributed by atoms with van der Waals surface area (Å²) in [5.41, 5.74) is 3.45. The van der Waals surface area contributed by atoms with Gasteiger partial charge in [0.15, 0.2) is 0 Å². The van der Waals surface area contributed by atoms with Crippen LogP contribution in [0.1, 0.15) is 26.5 Å². The molecular weight excluding hydrogens is 406 g/mol. The predicted molar refractivity (Wildman–Crippen MR) is 114 cm³/mol. The van der Waals surface area contributed by atoms with Crippen LogP contribution >= 0.6 is 22.9 Å². The van der Waals surface area contributed by atoms with Gasteiger partial charge in [-0.25, -0.2) is 4.98 Å². The molecule has 0 fully saturated rings. The third-order valence-electron chi connectivity index (χ3n) is 4.27. The zero-order chi connectivity index (χ0) is 20.2. The van der Waals surface area contributed by atoms with Gasteiger partial charge in [0.1, 0.15) is 15.6 Å². The predicted octanol–water partition coefficient (Wildman–Crippen LogP) is 4.34. The Bertz CT molecular complexity index is 1140. The average Bonchev–Trinajstić information content (AvgIpc) is 3.33. The second-order valence-corrected chi connectivity index (χ2v) is 7.94. The fourth-order valence-corrected chi connectivity index (χ4v) is 4.03. The Labute approximate surface area is 177 Å². The highest BCUT2D eigenvalue weighted by Crippen LogP contribution is 2.27. The molecule has 0 bridgehead atoms. The van der Waals surface area contributed by atoms with Crippen molar-refractivity contribution in [2.45, 2.75) is 20.0 Å². The molecule has 0 aliphatic rings. The Kier molecular flexibility index (Phi) is 5.69. The van der Waals surface area contributed by atoms with Gasteiger partial charge in [-0.2, -0.15) is 5.10 Å². The van der Waals surface area contributed by atoms with E-state index in [4.69, 9.17) is 11.6 Å². The topological polar surface area (TPSA) is 72.7 Å². The van der Waals surface area contributed by atoms with Gasteiger partial charge in [0.25, 0.3) is 5.91 Å². The quantitative estimate of drug-likeness (QED) is 0.500. The molecule has 3 aromatic heterocycles. The van der Waals surface area contributed by atoms with E-state index in [0.29, 0.717) is 28.7 Å². The van der Waals surface area contributed by atoms with Crippen LogP contribution < -0.4 is 5.32 Å². The smallest absolute Gasteiger partial charge is 0.263 e. The van der Waals surface area contributed by atoms with Crippen molar-refractivity contribution in [3.63, 3.8) is 0 Å². The molecule has 0 saturated carbocycles. The van der Waals surface area contributed by atoms with Gasteiger partial charge in [0.2, 0.25) is 0 Å². The molecule has 0 radical (unpaired) electrons. The summed E-state index contributed by atoms with van der Waals surface area (Å²) in [6.07, 6.45) is 5.34. The number of rotatable bonds is 6. The van der Waals surface area contributed by atoms with Crippen LogP contribution in [0.2, 0.25) is 5.02 Å². The fraction of sp³-hybridized carbons (Fsp3) is 0.143. The summed E-state index contributed by atoms with van der Waals surface area (Å²) in [6.45, 7) is 2.87. The molecule has 3 heterocycles. The lowest BCUT2D eigenvalue weighted by Gasteiger charge is -2.03. The standard InChI is InChI=1S/C21H18ClN5OS/c1-14-19(20(28)24-12-16-5-3-8-23-11-16)29-21(25-14)18-7-9-27(26-18)13-15-4-2-6-17(22)10-15/h2-11H,12-13H2,1H3,(H,24,28). The van der Waals surface area contributed by atoms with Gasteiger partial charge >= 0.3 is 0 Å². The Hall–Kier alpha value is -3.03. The van der Waals surface area contributed by atoms with E-state index in [1.165, 1.54) is 11.3 Å². The fourth-order valence-electron chi connectivity index (χ4n) is 2.87. The summed E-state index contributed by atoms with van der Waals surface area (Å²) in [5, 5.41) is 8.93. The molecule has 0 spiro atoms. The van der Waals surface area contributed by atoms with Crippen LogP contribution in [0.5, 0.6) is 0 Å². The van der Waals surface area contributed by atoms with Gasteiger partial charge in [-0.15, -0.1) is 11.3 Å². The highest BCUT2D eigenvalue weighted by atomic mass is 35.5. The number of carbonyl (C=O) groups is 1. The first-order chi connectivity index (χ1) is 14.1. The highest BCUT2D eigenvalue weighted by Gasteiger charge is 2.17. The van der Waals surface area contributed by atoms with Crippen molar-refractivity contribution >= 4 is 28.8 Å². The van der Waals surface area contributed by atoms with Crippen LogP contribution in [0.4, 0.5) is 0 Å². The van der Waals surface area contributed by atoms with E-state index in [-0.39, 0.29) is 5.91 Å². The first kappa shape index (κ1) is 19.3. The molecule has 4 rings (SSSR count). The second-order valence-electron chi connectivity index (χ2n) is 6.51. The molecule has 1 aromatic carbocycles. The number of benzene rings is 1. The molecular formula is C21H18ClN5OS. The molecule has 29 heavy (non-hydrogen) atoms. The Morgan fingerprint density at radius 2 is 2.07 bits per heavy atom. The number of nitrogens with zero attached hydrogens (tertiary/aromatic N) is 4. The maximum atomic E-state index is 12.6. The molecule has 6 nitrogen and oxygen atoms in total. The summed E-state index contributed by atoms with van der Waals surface area (Å²) in [7, 11) is 0. The number of thiazole rings is 1. The van der Waals surface area contributed by atoms with Crippen molar-refractivity contribution in [3.05, 3.63) is 87.8 Å². The number of carbonyl (C=O) groups excluding carboxylic acids is 1. The van der Waals surface area contributed by atoms with Crippen LogP contribution in [0, 0.1) is 6.92 Å². The zero-order valence-corrected chi connectivity index (χ0v) is 17.2. The lowest BCUT2D eigenvalue weighted by atomic mass is 10.2. The molecule has 146 valence electrons. The minimum Gasteiger partial charge on any atom is -0.347 e. The normalized spacial score (nSPS) is 10.8. The van der Waals surface area contributed by atoms with Gasteiger partial charge in [0, 0.05) is 30.2 Å². The summed E-state index contributed by atoms with van der Waals surface area (Å²) in [4.78, 5) is 21.7. The van der Waals surface area contributed by atoms with Crippen molar-refractivity contribution in [2.24, 2.45) is 0 Å². The van der Waals surface area contributed by atoms with Crippen LogP contribution in [-0.4, -0.2) is 25.7 Å². The van der Waals surface area contributed by atoms with E-state index in [0.717, 1.165) is 21.8 Å². The molecule has 8 heteroatoms. The molecule has 0 aliphatic carbocycles.